The van der Waals surface area contributed by atoms with Crippen molar-refractivity contribution in [2.45, 2.75) is 271 Å². The molecule has 0 aromatic carbocycles. The number of carbonyl (C=O) groups is 2. The van der Waals surface area contributed by atoms with Gasteiger partial charge in [-0.25, -0.2) is 0 Å². The average Bonchev–Trinajstić information content (AvgIpc) is 1.18. The molecule has 20 heteroatoms. The lowest BCUT2D eigenvalue weighted by Gasteiger charge is -2.24. The Balaban J connectivity index is 1.14. The minimum absolute atomic E-state index is 0.200. The Morgan fingerprint density at radius 1 is 0.183 bits per heavy atom. The van der Waals surface area contributed by atoms with E-state index in [0.717, 1.165) is 104 Å². The Labute approximate surface area is 638 Å². The molecular weight excluding hydrogens is 1320 g/mol. The van der Waals surface area contributed by atoms with Crippen molar-refractivity contribution in [1.82, 2.24) is 29.4 Å². The molecule has 3 heterocycles. The summed E-state index contributed by atoms with van der Waals surface area (Å²) in [5, 5.41) is 0. The zero-order valence-electron chi connectivity index (χ0n) is 68.0. The lowest BCUT2D eigenvalue weighted by molar-refractivity contribution is -0.133. The second-order valence-corrected chi connectivity index (χ2v) is 29.7. The molecule has 0 bridgehead atoms. The van der Waals surface area contributed by atoms with Crippen LogP contribution in [0, 0.1) is 0 Å². The van der Waals surface area contributed by atoms with Crippen LogP contribution in [0.25, 0.3) is 0 Å². The normalized spacial score (nSPS) is 19.4. The number of unbranched alkanes of at least 4 members (excludes halogenated alkanes) is 34. The van der Waals surface area contributed by atoms with Crippen LogP contribution in [0.1, 0.15) is 271 Å². The van der Waals surface area contributed by atoms with Crippen LogP contribution in [-0.4, -0.2) is 304 Å². The number of hydrogen-bond acceptors (Lipinski definition) is 18. The fourth-order valence-electron chi connectivity index (χ4n) is 13.9. The van der Waals surface area contributed by atoms with Crippen molar-refractivity contribution >= 4 is 11.8 Å². The van der Waals surface area contributed by atoms with Crippen molar-refractivity contribution in [2.75, 3.05) is 263 Å². The van der Waals surface area contributed by atoms with E-state index in [1.165, 1.54) is 218 Å². The molecule has 0 aromatic heterocycles. The van der Waals surface area contributed by atoms with Crippen molar-refractivity contribution in [3.8, 4) is 0 Å². The molecule has 0 N–H and O–H groups in total. The Morgan fingerprint density at radius 2 is 0.327 bits per heavy atom. The van der Waals surface area contributed by atoms with Crippen molar-refractivity contribution in [3.05, 3.63) is 0 Å². The Bertz CT molecular complexity index is 1590. The van der Waals surface area contributed by atoms with Gasteiger partial charge in [0.1, 0.15) is 0 Å². The predicted octanol–water partition coefficient (Wildman–Crippen LogP) is 14.7. The molecule has 0 aromatic rings. The predicted molar refractivity (Wildman–Crippen MR) is 425 cm³/mol. The first kappa shape index (κ1) is 96.5. The number of rotatable bonds is 46. The zero-order chi connectivity index (χ0) is 73.7. The summed E-state index contributed by atoms with van der Waals surface area (Å²) < 4.78 is 71.9. The summed E-state index contributed by atoms with van der Waals surface area (Å²) in [6, 6.07) is 0. The third kappa shape index (κ3) is 64.0. The van der Waals surface area contributed by atoms with E-state index in [2.05, 4.69) is 33.4 Å². The van der Waals surface area contributed by atoms with Gasteiger partial charge in [-0.1, -0.05) is 219 Å². The van der Waals surface area contributed by atoms with Crippen LogP contribution >= 0.6 is 0 Å². The van der Waals surface area contributed by atoms with Gasteiger partial charge in [-0.05, 0) is 64.7 Å². The highest BCUT2D eigenvalue weighted by atomic mass is 16.5. The van der Waals surface area contributed by atoms with Crippen LogP contribution in [-0.2, 0) is 66.4 Å². The van der Waals surface area contributed by atoms with Crippen molar-refractivity contribution in [3.63, 3.8) is 0 Å². The Morgan fingerprint density at radius 3 is 0.500 bits per heavy atom. The standard InChI is InChI=1S/C84H166N6O14/c1-3-5-7-9-11-13-19-25-31-37-43-87-51-63-97-75-79-101-67-55-89(56-68-102-80-76-98-64-52-87)83(91)41-35-29-23-17-15-21-27-33-39-45-85-47-59-93-71-73-95-61-49-86(50-62-96-74-72-94-60-48-85)46-40-34-28-22-16-18-24-30-36-42-84(92)90-57-69-103-81-77-99-65-53-88(54-66-100-78-82-104-70-58-90)44-38-32-26-20-14-12-10-8-6-4-2/h3-82H2,1-2H3. The molecule has 3 aliphatic rings. The molecule has 0 unspecified atom stereocenters. The van der Waals surface area contributed by atoms with Crippen LogP contribution in [0.4, 0.5) is 0 Å². The summed E-state index contributed by atoms with van der Waals surface area (Å²) in [5.41, 5.74) is 0. The smallest absolute Gasteiger partial charge is 0.222 e. The van der Waals surface area contributed by atoms with E-state index < -0.39 is 0 Å². The molecule has 3 saturated heterocycles. The maximum Gasteiger partial charge on any atom is 0.222 e. The zero-order valence-corrected chi connectivity index (χ0v) is 68.0. The fourth-order valence-corrected chi connectivity index (χ4v) is 13.9. The number of carbonyl (C=O) groups excluding carboxylic acids is 2. The van der Waals surface area contributed by atoms with Gasteiger partial charge in [0.2, 0.25) is 11.8 Å². The molecule has 0 spiro atoms. The van der Waals surface area contributed by atoms with Gasteiger partial charge in [0.15, 0.2) is 0 Å². The molecular formula is C84H166N6O14. The van der Waals surface area contributed by atoms with Crippen molar-refractivity contribution in [2.24, 2.45) is 0 Å². The van der Waals surface area contributed by atoms with Crippen molar-refractivity contribution < 1.29 is 66.4 Å². The minimum atomic E-state index is 0.200. The number of ether oxygens (including phenoxy) is 12. The summed E-state index contributed by atoms with van der Waals surface area (Å²) in [5.74, 6) is 0.400. The second kappa shape index (κ2) is 78.0. The summed E-state index contributed by atoms with van der Waals surface area (Å²) in [6.45, 7) is 33.1. The quantitative estimate of drug-likeness (QED) is 0.0528. The van der Waals surface area contributed by atoms with Crippen LogP contribution < -0.4 is 0 Å². The lowest BCUT2D eigenvalue weighted by atomic mass is 10.1. The largest absolute Gasteiger partial charge is 0.378 e. The Kier molecular flexibility index (Phi) is 72.4. The number of hydrogen-bond donors (Lipinski definition) is 0. The van der Waals surface area contributed by atoms with Crippen LogP contribution in [0.15, 0.2) is 0 Å². The van der Waals surface area contributed by atoms with E-state index in [0.29, 0.717) is 198 Å². The van der Waals surface area contributed by atoms with Gasteiger partial charge in [0, 0.05) is 91.4 Å². The van der Waals surface area contributed by atoms with E-state index in [-0.39, 0.29) is 11.8 Å². The molecule has 0 radical (unpaired) electrons. The molecule has 3 fully saturated rings. The third-order valence-electron chi connectivity index (χ3n) is 20.8. The summed E-state index contributed by atoms with van der Waals surface area (Å²) >= 11 is 0. The Hall–Kier alpha value is -1.70. The summed E-state index contributed by atoms with van der Waals surface area (Å²) in [7, 11) is 0. The minimum Gasteiger partial charge on any atom is -0.378 e. The van der Waals surface area contributed by atoms with E-state index in [1.54, 1.807) is 0 Å². The SMILES string of the molecule is CCCCCCCCCCCCN1CCOCCOCCN(C(=O)CCCCCCCCCCCN2CCOCCOCCN(CCCCCCCCCCCC(=O)N3CCOCCOCCN(CCCCCCCCCCCC)CCOCCOCC3)CCOCCOCC2)CCOCCOCC1. The lowest BCUT2D eigenvalue weighted by Crippen LogP contribution is -2.37. The first-order valence-corrected chi connectivity index (χ1v) is 44.0. The van der Waals surface area contributed by atoms with Gasteiger partial charge in [0.25, 0.3) is 0 Å². The first-order valence-electron chi connectivity index (χ1n) is 44.0. The van der Waals surface area contributed by atoms with Crippen LogP contribution in [0.2, 0.25) is 0 Å². The summed E-state index contributed by atoms with van der Waals surface area (Å²) in [6.07, 6.45) is 49.5. The van der Waals surface area contributed by atoms with E-state index in [1.807, 2.05) is 9.80 Å². The molecule has 104 heavy (non-hydrogen) atoms. The fraction of sp³-hybridized carbons (Fsp3) is 0.976. The van der Waals surface area contributed by atoms with Crippen LogP contribution in [0.5, 0.6) is 0 Å². The van der Waals surface area contributed by atoms with Crippen LogP contribution in [0.3, 0.4) is 0 Å². The molecule has 3 aliphatic heterocycles. The maximum atomic E-state index is 13.3. The third-order valence-corrected chi connectivity index (χ3v) is 20.8. The van der Waals surface area contributed by atoms with Crippen molar-refractivity contribution in [1.29, 1.82) is 0 Å². The van der Waals surface area contributed by atoms with Gasteiger partial charge in [-0.15, -0.1) is 0 Å². The molecule has 2 amide bonds. The molecule has 0 aliphatic carbocycles. The summed E-state index contributed by atoms with van der Waals surface area (Å²) in [4.78, 5) is 40.5. The molecule has 20 nitrogen and oxygen atoms in total. The van der Waals surface area contributed by atoms with Gasteiger partial charge in [0.05, 0.1) is 159 Å². The first-order chi connectivity index (χ1) is 51.6. The van der Waals surface area contributed by atoms with Gasteiger partial charge in [-0.3, -0.25) is 29.2 Å². The van der Waals surface area contributed by atoms with Gasteiger partial charge in [-0.2, -0.15) is 0 Å². The average molecular weight is 1480 g/mol. The number of amides is 2. The molecule has 0 atom stereocenters. The number of nitrogens with zero attached hydrogens (tertiary/aromatic N) is 6. The van der Waals surface area contributed by atoms with E-state index in [4.69, 9.17) is 56.8 Å². The molecule has 0 saturated carbocycles. The maximum absolute atomic E-state index is 13.3. The topological polar surface area (TPSA) is 164 Å². The van der Waals surface area contributed by atoms with Gasteiger partial charge < -0.3 is 66.6 Å². The van der Waals surface area contributed by atoms with E-state index >= 15 is 0 Å². The monoisotopic (exact) mass is 1480 g/mol. The van der Waals surface area contributed by atoms with E-state index in [9.17, 15) is 9.59 Å². The molecule has 3 rings (SSSR count). The second-order valence-electron chi connectivity index (χ2n) is 29.7. The highest BCUT2D eigenvalue weighted by Gasteiger charge is 2.17. The highest BCUT2D eigenvalue weighted by Crippen LogP contribution is 2.17. The molecule has 616 valence electrons. The highest BCUT2D eigenvalue weighted by molar-refractivity contribution is 5.76. The van der Waals surface area contributed by atoms with Gasteiger partial charge >= 0.3 is 0 Å².